The lowest BCUT2D eigenvalue weighted by molar-refractivity contribution is 0.0900. The molecule has 1 aliphatic rings. The van der Waals surface area contributed by atoms with Gasteiger partial charge in [-0.1, -0.05) is 11.6 Å². The van der Waals surface area contributed by atoms with Crippen molar-refractivity contribution in [2.45, 2.75) is 19.8 Å². The van der Waals surface area contributed by atoms with Crippen LogP contribution in [-0.2, 0) is 0 Å². The topological polar surface area (TPSA) is 46.1 Å². The molecule has 0 atom stereocenters. The maximum atomic E-state index is 13.0. The first-order chi connectivity index (χ1) is 11.0. The predicted octanol–water partition coefficient (Wildman–Crippen LogP) is 3.68. The molecule has 120 valence electrons. The van der Waals surface area contributed by atoms with Gasteiger partial charge in [0.2, 0.25) is 0 Å². The van der Waals surface area contributed by atoms with Gasteiger partial charge in [0.05, 0.1) is 0 Å². The molecular weight excluding hydrogens is 317 g/mol. The van der Waals surface area contributed by atoms with Gasteiger partial charge < -0.3 is 4.90 Å². The summed E-state index contributed by atoms with van der Waals surface area (Å²) in [4.78, 5) is 23.1. The molecule has 3 rings (SSSR count). The highest BCUT2D eigenvalue weighted by molar-refractivity contribution is 6.29. The lowest BCUT2D eigenvalue weighted by atomic mass is 9.89. The Morgan fingerprint density at radius 1 is 1.22 bits per heavy atom. The van der Waals surface area contributed by atoms with Crippen LogP contribution in [-0.4, -0.2) is 28.8 Å². The standard InChI is InChI=1S/C17H17ClFN3O/c1-11-20-15(18)10-16(21-11)22-8-6-13(7-9-22)17(23)12-2-4-14(19)5-3-12/h2-5,10,13H,6-9H2,1H3. The van der Waals surface area contributed by atoms with Crippen LogP contribution in [0.2, 0.25) is 5.15 Å². The first kappa shape index (κ1) is 15.9. The van der Waals surface area contributed by atoms with Gasteiger partial charge in [0, 0.05) is 30.6 Å². The summed E-state index contributed by atoms with van der Waals surface area (Å²) >= 11 is 5.98. The van der Waals surface area contributed by atoms with E-state index in [0.717, 1.165) is 31.7 Å². The van der Waals surface area contributed by atoms with E-state index in [9.17, 15) is 9.18 Å². The van der Waals surface area contributed by atoms with Gasteiger partial charge >= 0.3 is 0 Å². The number of carbonyl (C=O) groups is 1. The van der Waals surface area contributed by atoms with Crippen molar-refractivity contribution in [2.24, 2.45) is 5.92 Å². The molecule has 23 heavy (non-hydrogen) atoms. The minimum Gasteiger partial charge on any atom is -0.356 e. The fraction of sp³-hybridized carbons (Fsp3) is 0.353. The van der Waals surface area contributed by atoms with E-state index >= 15 is 0 Å². The highest BCUT2D eigenvalue weighted by Crippen LogP contribution is 2.26. The number of hydrogen-bond acceptors (Lipinski definition) is 4. The third-order valence-electron chi connectivity index (χ3n) is 4.11. The number of nitrogens with zero attached hydrogens (tertiary/aromatic N) is 3. The van der Waals surface area contributed by atoms with Gasteiger partial charge in [-0.3, -0.25) is 4.79 Å². The summed E-state index contributed by atoms with van der Waals surface area (Å²) in [6, 6.07) is 7.51. The molecule has 0 N–H and O–H groups in total. The number of Topliss-reactive ketones (excluding diaryl/α,β-unsaturated/α-hetero) is 1. The molecule has 0 saturated carbocycles. The van der Waals surface area contributed by atoms with Gasteiger partial charge in [0.15, 0.2) is 5.78 Å². The molecule has 0 bridgehead atoms. The van der Waals surface area contributed by atoms with Gasteiger partial charge in [-0.2, -0.15) is 0 Å². The normalized spacial score (nSPS) is 15.7. The quantitative estimate of drug-likeness (QED) is 0.635. The molecule has 0 amide bonds. The number of hydrogen-bond donors (Lipinski definition) is 0. The number of piperidine rings is 1. The van der Waals surface area contributed by atoms with Gasteiger partial charge in [-0.05, 0) is 44.0 Å². The molecule has 6 heteroatoms. The Bertz CT molecular complexity index is 692. The summed E-state index contributed by atoms with van der Waals surface area (Å²) in [5, 5.41) is 0.428. The highest BCUT2D eigenvalue weighted by Gasteiger charge is 2.26. The number of rotatable bonds is 3. The second-order valence-electron chi connectivity index (χ2n) is 5.73. The van der Waals surface area contributed by atoms with E-state index in [4.69, 9.17) is 11.6 Å². The van der Waals surface area contributed by atoms with Crippen LogP contribution in [0, 0.1) is 18.7 Å². The van der Waals surface area contributed by atoms with Crippen LogP contribution in [0.1, 0.15) is 29.0 Å². The molecular formula is C17H17ClFN3O. The minimum atomic E-state index is -0.327. The maximum Gasteiger partial charge on any atom is 0.166 e. The maximum absolute atomic E-state index is 13.0. The summed E-state index contributed by atoms with van der Waals surface area (Å²) in [6.07, 6.45) is 1.49. The Kier molecular flexibility index (Phi) is 4.57. The van der Waals surface area contributed by atoms with Gasteiger partial charge in [-0.25, -0.2) is 14.4 Å². The van der Waals surface area contributed by atoms with E-state index in [2.05, 4.69) is 14.9 Å². The van der Waals surface area contributed by atoms with Crippen molar-refractivity contribution in [3.63, 3.8) is 0 Å². The van der Waals surface area contributed by atoms with Gasteiger partial charge in [0.1, 0.15) is 22.6 Å². The zero-order valence-electron chi connectivity index (χ0n) is 12.8. The molecule has 0 aliphatic carbocycles. The predicted molar refractivity (Wildman–Crippen MR) is 87.4 cm³/mol. The molecule has 1 saturated heterocycles. The molecule has 1 aliphatic heterocycles. The average molecular weight is 334 g/mol. The van der Waals surface area contributed by atoms with Crippen LogP contribution in [0.15, 0.2) is 30.3 Å². The van der Waals surface area contributed by atoms with Crippen LogP contribution < -0.4 is 4.90 Å². The van der Waals surface area contributed by atoms with E-state index in [-0.39, 0.29) is 17.5 Å². The van der Waals surface area contributed by atoms with Crippen molar-refractivity contribution in [1.82, 2.24) is 9.97 Å². The summed E-state index contributed by atoms with van der Waals surface area (Å²) in [5.74, 6) is 1.16. The van der Waals surface area contributed by atoms with Crippen molar-refractivity contribution in [3.05, 3.63) is 52.7 Å². The number of aryl methyl sites for hydroxylation is 1. The fourth-order valence-electron chi connectivity index (χ4n) is 2.90. The Morgan fingerprint density at radius 3 is 2.48 bits per heavy atom. The van der Waals surface area contributed by atoms with E-state index in [0.29, 0.717) is 16.5 Å². The van der Waals surface area contributed by atoms with Crippen molar-refractivity contribution in [1.29, 1.82) is 0 Å². The molecule has 4 nitrogen and oxygen atoms in total. The number of aromatic nitrogens is 2. The van der Waals surface area contributed by atoms with E-state index in [1.807, 2.05) is 0 Å². The molecule has 2 aromatic rings. The van der Waals surface area contributed by atoms with Crippen molar-refractivity contribution in [2.75, 3.05) is 18.0 Å². The number of benzene rings is 1. The second kappa shape index (κ2) is 6.62. The first-order valence-electron chi connectivity index (χ1n) is 7.59. The van der Waals surface area contributed by atoms with Crippen LogP contribution >= 0.6 is 11.6 Å². The lowest BCUT2D eigenvalue weighted by Gasteiger charge is -2.32. The SMILES string of the molecule is Cc1nc(Cl)cc(N2CCC(C(=O)c3ccc(F)cc3)CC2)n1. The molecule has 1 aromatic carbocycles. The summed E-state index contributed by atoms with van der Waals surface area (Å²) in [7, 11) is 0. The van der Waals surface area contributed by atoms with Crippen LogP contribution in [0.5, 0.6) is 0 Å². The third-order valence-corrected chi connectivity index (χ3v) is 4.31. The fourth-order valence-corrected chi connectivity index (χ4v) is 3.12. The van der Waals surface area contributed by atoms with E-state index in [1.54, 1.807) is 25.1 Å². The van der Waals surface area contributed by atoms with Crippen molar-refractivity contribution in [3.8, 4) is 0 Å². The molecule has 0 unspecified atom stereocenters. The van der Waals surface area contributed by atoms with Crippen molar-refractivity contribution >= 4 is 23.2 Å². The Labute approximate surface area is 139 Å². The first-order valence-corrected chi connectivity index (χ1v) is 7.96. The van der Waals surface area contributed by atoms with E-state index < -0.39 is 0 Å². The Hall–Kier alpha value is -2.01. The number of anilines is 1. The van der Waals surface area contributed by atoms with Crippen LogP contribution in [0.25, 0.3) is 0 Å². The van der Waals surface area contributed by atoms with Crippen LogP contribution in [0.3, 0.4) is 0 Å². The smallest absolute Gasteiger partial charge is 0.166 e. The zero-order chi connectivity index (χ0) is 16.4. The average Bonchev–Trinajstić information content (AvgIpc) is 2.54. The molecule has 2 heterocycles. The molecule has 1 aromatic heterocycles. The zero-order valence-corrected chi connectivity index (χ0v) is 13.6. The lowest BCUT2D eigenvalue weighted by Crippen LogP contribution is -2.37. The molecule has 0 spiro atoms. The summed E-state index contributed by atoms with van der Waals surface area (Å²) < 4.78 is 13.0. The highest BCUT2D eigenvalue weighted by atomic mass is 35.5. The van der Waals surface area contributed by atoms with Gasteiger partial charge in [-0.15, -0.1) is 0 Å². The Morgan fingerprint density at radius 2 is 1.87 bits per heavy atom. The monoisotopic (exact) mass is 333 g/mol. The summed E-state index contributed by atoms with van der Waals surface area (Å²) in [6.45, 7) is 3.29. The number of halogens is 2. The molecule has 1 fully saturated rings. The molecule has 0 radical (unpaired) electrons. The summed E-state index contributed by atoms with van der Waals surface area (Å²) in [5.41, 5.74) is 0.575. The second-order valence-corrected chi connectivity index (χ2v) is 6.12. The Balaban J connectivity index is 1.66. The van der Waals surface area contributed by atoms with Crippen molar-refractivity contribution < 1.29 is 9.18 Å². The van der Waals surface area contributed by atoms with E-state index in [1.165, 1.54) is 12.1 Å². The van der Waals surface area contributed by atoms with Crippen LogP contribution in [0.4, 0.5) is 10.2 Å². The van der Waals surface area contributed by atoms with Gasteiger partial charge in [0.25, 0.3) is 0 Å². The largest absolute Gasteiger partial charge is 0.356 e. The third kappa shape index (κ3) is 3.67. The minimum absolute atomic E-state index is 0.0323. The number of ketones is 1. The number of carbonyl (C=O) groups excluding carboxylic acids is 1.